The molecule has 0 amide bonds. The van der Waals surface area contributed by atoms with Gasteiger partial charge in [0.2, 0.25) is 0 Å². The summed E-state index contributed by atoms with van der Waals surface area (Å²) in [6.07, 6.45) is 3.75. The van der Waals surface area contributed by atoms with Crippen molar-refractivity contribution in [1.82, 2.24) is 14.9 Å². The Labute approximate surface area is 125 Å². The number of rotatable bonds is 6. The first kappa shape index (κ1) is 15.1. The van der Waals surface area contributed by atoms with E-state index < -0.39 is 0 Å². The molecule has 0 spiro atoms. The molecule has 110 valence electrons. The minimum Gasteiger partial charge on any atom is -0.495 e. The van der Waals surface area contributed by atoms with E-state index in [-0.39, 0.29) is 0 Å². The summed E-state index contributed by atoms with van der Waals surface area (Å²) in [6.45, 7) is 5.63. The van der Waals surface area contributed by atoms with Gasteiger partial charge in [0, 0.05) is 25.0 Å². The van der Waals surface area contributed by atoms with E-state index in [0.29, 0.717) is 23.9 Å². The highest BCUT2D eigenvalue weighted by Crippen LogP contribution is 2.19. The molecule has 1 N–H and O–H groups in total. The fourth-order valence-corrected chi connectivity index (χ4v) is 2.08. The zero-order chi connectivity index (χ0) is 15.2. The van der Waals surface area contributed by atoms with Crippen molar-refractivity contribution in [2.75, 3.05) is 7.11 Å². The lowest BCUT2D eigenvalue weighted by molar-refractivity contribution is 0.413. The second-order valence-corrected chi connectivity index (χ2v) is 5.15. The molecule has 0 aliphatic carbocycles. The average Bonchev–Trinajstić information content (AvgIpc) is 2.92. The highest BCUT2D eigenvalue weighted by atomic mass is 16.5. The third kappa shape index (κ3) is 3.83. The van der Waals surface area contributed by atoms with E-state index in [1.165, 1.54) is 0 Å². The van der Waals surface area contributed by atoms with Gasteiger partial charge in [-0.1, -0.05) is 19.9 Å². The Balaban J connectivity index is 2.15. The molecule has 0 aliphatic rings. The van der Waals surface area contributed by atoms with Crippen molar-refractivity contribution in [3.8, 4) is 11.8 Å². The molecular formula is C16H20N4O. The predicted octanol–water partition coefficient (Wildman–Crippen LogP) is 2.31. The molecule has 1 heterocycles. The highest BCUT2D eigenvalue weighted by molar-refractivity contribution is 5.45. The lowest BCUT2D eigenvalue weighted by atomic mass is 10.1. The average molecular weight is 284 g/mol. The summed E-state index contributed by atoms with van der Waals surface area (Å²) >= 11 is 0. The number of imidazole rings is 1. The lowest BCUT2D eigenvalue weighted by Crippen LogP contribution is -2.24. The normalized spacial score (nSPS) is 10.6. The van der Waals surface area contributed by atoms with Crippen LogP contribution in [0.1, 0.15) is 30.8 Å². The Morgan fingerprint density at radius 3 is 2.90 bits per heavy atom. The molecule has 2 rings (SSSR count). The predicted molar refractivity (Wildman–Crippen MR) is 81.0 cm³/mol. The molecule has 0 unspecified atom stereocenters. The van der Waals surface area contributed by atoms with Crippen LogP contribution in [0.25, 0.3) is 0 Å². The monoisotopic (exact) mass is 284 g/mol. The number of ether oxygens (including phenoxy) is 1. The minimum atomic E-state index is 0.418. The first-order valence-corrected chi connectivity index (χ1v) is 6.94. The summed E-state index contributed by atoms with van der Waals surface area (Å²) in [7, 11) is 1.57. The maximum Gasteiger partial charge on any atom is 0.136 e. The standard InChI is InChI=1S/C16H20N4O/c1-12(2)19-10-16-18-6-7-20(16)11-13-4-5-15(21-3)14(8-13)9-17/h4-8,12,19H,10-11H2,1-3H3. The summed E-state index contributed by atoms with van der Waals surface area (Å²) < 4.78 is 7.25. The third-order valence-corrected chi connectivity index (χ3v) is 3.21. The SMILES string of the molecule is COc1ccc(Cn2ccnc2CNC(C)C)cc1C#N. The Morgan fingerprint density at radius 1 is 1.43 bits per heavy atom. The van der Waals surface area contributed by atoms with Crippen molar-refractivity contribution in [3.63, 3.8) is 0 Å². The molecule has 0 saturated heterocycles. The van der Waals surface area contributed by atoms with Crippen LogP contribution in [-0.2, 0) is 13.1 Å². The Bertz CT molecular complexity index is 640. The van der Waals surface area contributed by atoms with Gasteiger partial charge in [0.1, 0.15) is 17.6 Å². The van der Waals surface area contributed by atoms with E-state index in [1.54, 1.807) is 13.3 Å². The molecule has 0 saturated carbocycles. The van der Waals surface area contributed by atoms with E-state index in [2.05, 4.69) is 34.8 Å². The molecule has 0 atom stereocenters. The van der Waals surface area contributed by atoms with Crippen LogP contribution in [0.4, 0.5) is 0 Å². The second-order valence-electron chi connectivity index (χ2n) is 5.15. The fraction of sp³-hybridized carbons (Fsp3) is 0.375. The quantitative estimate of drug-likeness (QED) is 0.884. The zero-order valence-corrected chi connectivity index (χ0v) is 12.6. The van der Waals surface area contributed by atoms with Crippen LogP contribution in [0.15, 0.2) is 30.6 Å². The molecule has 0 bridgehead atoms. The lowest BCUT2D eigenvalue weighted by Gasteiger charge is -2.11. The van der Waals surface area contributed by atoms with Crippen LogP contribution < -0.4 is 10.1 Å². The van der Waals surface area contributed by atoms with Gasteiger partial charge in [0.05, 0.1) is 19.2 Å². The maximum atomic E-state index is 9.14. The maximum absolute atomic E-state index is 9.14. The largest absolute Gasteiger partial charge is 0.495 e. The van der Waals surface area contributed by atoms with Gasteiger partial charge in [-0.05, 0) is 17.7 Å². The van der Waals surface area contributed by atoms with E-state index in [0.717, 1.165) is 17.9 Å². The molecule has 1 aromatic heterocycles. The molecule has 0 fully saturated rings. The number of aromatic nitrogens is 2. The van der Waals surface area contributed by atoms with Crippen molar-refractivity contribution in [2.45, 2.75) is 33.0 Å². The zero-order valence-electron chi connectivity index (χ0n) is 12.6. The first-order chi connectivity index (χ1) is 10.1. The van der Waals surface area contributed by atoms with Crippen LogP contribution in [0, 0.1) is 11.3 Å². The van der Waals surface area contributed by atoms with Crippen molar-refractivity contribution in [2.24, 2.45) is 0 Å². The summed E-state index contributed by atoms with van der Waals surface area (Å²) in [5.74, 6) is 1.59. The van der Waals surface area contributed by atoms with Crippen LogP contribution >= 0.6 is 0 Å². The Hall–Kier alpha value is -2.32. The van der Waals surface area contributed by atoms with Gasteiger partial charge in [0.25, 0.3) is 0 Å². The van der Waals surface area contributed by atoms with Crippen LogP contribution in [0.2, 0.25) is 0 Å². The summed E-state index contributed by atoms with van der Waals surface area (Å²) in [5, 5.41) is 12.5. The van der Waals surface area contributed by atoms with E-state index >= 15 is 0 Å². The molecule has 1 aromatic carbocycles. The highest BCUT2D eigenvalue weighted by Gasteiger charge is 2.07. The van der Waals surface area contributed by atoms with E-state index in [4.69, 9.17) is 10.00 Å². The van der Waals surface area contributed by atoms with Gasteiger partial charge in [-0.15, -0.1) is 0 Å². The fourth-order valence-electron chi connectivity index (χ4n) is 2.08. The number of hydrogen-bond donors (Lipinski definition) is 1. The van der Waals surface area contributed by atoms with Crippen molar-refractivity contribution in [3.05, 3.63) is 47.5 Å². The van der Waals surface area contributed by atoms with Crippen LogP contribution in [0.3, 0.4) is 0 Å². The van der Waals surface area contributed by atoms with Gasteiger partial charge in [-0.2, -0.15) is 5.26 Å². The first-order valence-electron chi connectivity index (χ1n) is 6.94. The number of hydrogen-bond acceptors (Lipinski definition) is 4. The molecule has 21 heavy (non-hydrogen) atoms. The number of methoxy groups -OCH3 is 1. The molecular weight excluding hydrogens is 264 g/mol. The van der Waals surface area contributed by atoms with E-state index in [9.17, 15) is 0 Å². The van der Waals surface area contributed by atoms with E-state index in [1.807, 2.05) is 24.4 Å². The van der Waals surface area contributed by atoms with Gasteiger partial charge >= 0.3 is 0 Å². The number of benzene rings is 1. The van der Waals surface area contributed by atoms with Crippen LogP contribution in [-0.4, -0.2) is 22.7 Å². The number of nitriles is 1. The van der Waals surface area contributed by atoms with Crippen molar-refractivity contribution >= 4 is 0 Å². The molecule has 0 radical (unpaired) electrons. The number of nitrogens with zero attached hydrogens (tertiary/aromatic N) is 3. The topological polar surface area (TPSA) is 62.9 Å². The smallest absolute Gasteiger partial charge is 0.136 e. The molecule has 5 heteroatoms. The third-order valence-electron chi connectivity index (χ3n) is 3.21. The van der Waals surface area contributed by atoms with Gasteiger partial charge in [-0.25, -0.2) is 4.98 Å². The van der Waals surface area contributed by atoms with Crippen molar-refractivity contribution < 1.29 is 4.74 Å². The Morgan fingerprint density at radius 2 is 2.24 bits per heavy atom. The molecule has 5 nitrogen and oxygen atoms in total. The minimum absolute atomic E-state index is 0.418. The number of nitrogens with one attached hydrogen (secondary N) is 1. The van der Waals surface area contributed by atoms with Crippen molar-refractivity contribution in [1.29, 1.82) is 5.26 Å². The Kier molecular flexibility index (Phi) is 4.96. The summed E-state index contributed by atoms with van der Waals surface area (Å²) in [6, 6.07) is 8.24. The molecule has 2 aromatic rings. The summed E-state index contributed by atoms with van der Waals surface area (Å²) in [4.78, 5) is 4.37. The molecule has 0 aliphatic heterocycles. The van der Waals surface area contributed by atoms with Gasteiger partial charge < -0.3 is 14.6 Å². The van der Waals surface area contributed by atoms with Gasteiger partial charge in [0.15, 0.2) is 0 Å². The second kappa shape index (κ2) is 6.91. The summed E-state index contributed by atoms with van der Waals surface area (Å²) in [5.41, 5.74) is 1.60. The van der Waals surface area contributed by atoms with Crippen LogP contribution in [0.5, 0.6) is 5.75 Å². The van der Waals surface area contributed by atoms with Gasteiger partial charge in [-0.3, -0.25) is 0 Å².